The molecule has 0 aromatic carbocycles. The molecule has 0 aliphatic heterocycles. The maximum absolute atomic E-state index is 11.3. The van der Waals surface area contributed by atoms with Crippen molar-refractivity contribution in [2.45, 2.75) is 64.9 Å². The number of ether oxygens (including phenoxy) is 1. The summed E-state index contributed by atoms with van der Waals surface area (Å²) in [5.41, 5.74) is 0. The summed E-state index contributed by atoms with van der Waals surface area (Å²) >= 11 is 0. The van der Waals surface area contributed by atoms with Crippen LogP contribution in [0.5, 0.6) is 0 Å². The van der Waals surface area contributed by atoms with Gasteiger partial charge in [0.25, 0.3) is 0 Å². The van der Waals surface area contributed by atoms with Gasteiger partial charge in [-0.3, -0.25) is 9.59 Å². The number of carbonyl (C=O) groups excluding carboxylic acids is 1. The third kappa shape index (κ3) is 8.26. The van der Waals surface area contributed by atoms with Gasteiger partial charge in [-0.25, -0.2) is 0 Å². The van der Waals surface area contributed by atoms with Gasteiger partial charge in [-0.05, 0) is 19.3 Å². The van der Waals surface area contributed by atoms with Crippen LogP contribution in [0.1, 0.15) is 58.8 Å². The highest BCUT2D eigenvalue weighted by molar-refractivity contribution is 5.71. The molecule has 0 heterocycles. The molecule has 0 aromatic rings. The number of hydrogen-bond acceptors (Lipinski definition) is 3. The molecular formula is C12H22O4. The lowest BCUT2D eigenvalue weighted by molar-refractivity contribution is -0.149. The molecule has 4 nitrogen and oxygen atoms in total. The number of carboxylic acid groups (broad SMARTS) is 1. The molecule has 0 saturated carbocycles. The molecule has 0 bridgehead atoms. The fourth-order valence-corrected chi connectivity index (χ4v) is 1.41. The molecule has 0 saturated heterocycles. The molecule has 1 N–H and O–H groups in total. The maximum atomic E-state index is 11.3. The molecule has 0 aliphatic rings. The highest BCUT2D eigenvalue weighted by Crippen LogP contribution is 2.10. The van der Waals surface area contributed by atoms with Gasteiger partial charge in [0.15, 0.2) is 0 Å². The minimum absolute atomic E-state index is 0.00252. The quantitative estimate of drug-likeness (QED) is 0.618. The van der Waals surface area contributed by atoms with Crippen LogP contribution in [-0.4, -0.2) is 23.1 Å². The fraction of sp³-hybridized carbons (Fsp3) is 0.833. The smallest absolute Gasteiger partial charge is 0.306 e. The first-order chi connectivity index (χ1) is 7.60. The number of esters is 1. The number of carbonyl (C=O) groups is 2. The van der Waals surface area contributed by atoms with E-state index in [1.165, 1.54) is 0 Å². The van der Waals surface area contributed by atoms with Crippen molar-refractivity contribution in [3.8, 4) is 0 Å². The molecular weight excluding hydrogens is 208 g/mol. The first-order valence-electron chi connectivity index (χ1n) is 6.01. The van der Waals surface area contributed by atoms with Crippen LogP contribution in [0.25, 0.3) is 0 Å². The van der Waals surface area contributed by atoms with Crippen LogP contribution in [0.2, 0.25) is 0 Å². The summed E-state index contributed by atoms with van der Waals surface area (Å²) in [5, 5.41) is 8.42. The lowest BCUT2D eigenvalue weighted by Crippen LogP contribution is -2.17. The van der Waals surface area contributed by atoms with E-state index in [0.717, 1.165) is 25.7 Å². The SMILES string of the molecule is CCCCC(CC)OC(=O)CCCC(=O)O. The van der Waals surface area contributed by atoms with Crippen molar-refractivity contribution >= 4 is 11.9 Å². The Morgan fingerprint density at radius 3 is 2.38 bits per heavy atom. The molecule has 0 aliphatic carbocycles. The molecule has 1 atom stereocenters. The second-order valence-electron chi connectivity index (χ2n) is 3.91. The number of carboxylic acids is 1. The van der Waals surface area contributed by atoms with E-state index in [4.69, 9.17) is 9.84 Å². The fourth-order valence-electron chi connectivity index (χ4n) is 1.41. The Balaban J connectivity index is 3.69. The Kier molecular flexibility index (Phi) is 8.58. The molecule has 16 heavy (non-hydrogen) atoms. The van der Waals surface area contributed by atoms with Gasteiger partial charge in [0, 0.05) is 12.8 Å². The van der Waals surface area contributed by atoms with Crippen LogP contribution in [0.15, 0.2) is 0 Å². The standard InChI is InChI=1S/C12H22O4/c1-3-5-7-10(4-2)16-12(15)9-6-8-11(13)14/h10H,3-9H2,1-2H3,(H,13,14). The monoisotopic (exact) mass is 230 g/mol. The lowest BCUT2D eigenvalue weighted by Gasteiger charge is -2.15. The van der Waals surface area contributed by atoms with Crippen LogP contribution in [0.3, 0.4) is 0 Å². The average molecular weight is 230 g/mol. The number of rotatable bonds is 9. The van der Waals surface area contributed by atoms with Gasteiger partial charge in [0.2, 0.25) is 0 Å². The zero-order valence-electron chi connectivity index (χ0n) is 10.2. The number of hydrogen-bond donors (Lipinski definition) is 1. The van der Waals surface area contributed by atoms with Crippen LogP contribution >= 0.6 is 0 Å². The maximum Gasteiger partial charge on any atom is 0.306 e. The van der Waals surface area contributed by atoms with Crippen LogP contribution in [0, 0.1) is 0 Å². The number of unbranched alkanes of at least 4 members (excludes halogenated alkanes) is 1. The van der Waals surface area contributed by atoms with E-state index in [-0.39, 0.29) is 24.9 Å². The van der Waals surface area contributed by atoms with Crippen LogP contribution in [0.4, 0.5) is 0 Å². The van der Waals surface area contributed by atoms with Crippen molar-refractivity contribution in [2.75, 3.05) is 0 Å². The Bertz CT molecular complexity index is 213. The first kappa shape index (κ1) is 14.9. The van der Waals surface area contributed by atoms with Gasteiger partial charge < -0.3 is 9.84 Å². The predicted molar refractivity (Wildman–Crippen MR) is 61.2 cm³/mol. The van der Waals surface area contributed by atoms with Crippen molar-refractivity contribution in [2.24, 2.45) is 0 Å². The molecule has 94 valence electrons. The Hall–Kier alpha value is -1.06. The topological polar surface area (TPSA) is 63.6 Å². The van der Waals surface area contributed by atoms with Gasteiger partial charge in [0.05, 0.1) is 0 Å². The normalized spacial score (nSPS) is 12.1. The lowest BCUT2D eigenvalue weighted by atomic mass is 10.1. The Morgan fingerprint density at radius 1 is 1.19 bits per heavy atom. The van der Waals surface area contributed by atoms with Crippen molar-refractivity contribution in [1.29, 1.82) is 0 Å². The molecule has 0 fully saturated rings. The van der Waals surface area contributed by atoms with Crippen molar-refractivity contribution in [3.05, 3.63) is 0 Å². The Morgan fingerprint density at radius 2 is 1.88 bits per heavy atom. The second-order valence-corrected chi connectivity index (χ2v) is 3.91. The second kappa shape index (κ2) is 9.19. The molecule has 0 rings (SSSR count). The molecule has 0 aromatic heterocycles. The molecule has 0 spiro atoms. The van der Waals surface area contributed by atoms with Gasteiger partial charge in [-0.1, -0.05) is 26.7 Å². The average Bonchev–Trinajstić information content (AvgIpc) is 2.23. The van der Waals surface area contributed by atoms with Gasteiger partial charge in [0.1, 0.15) is 6.10 Å². The van der Waals surface area contributed by atoms with Gasteiger partial charge in [-0.15, -0.1) is 0 Å². The van der Waals surface area contributed by atoms with Crippen molar-refractivity contribution in [3.63, 3.8) is 0 Å². The van der Waals surface area contributed by atoms with Gasteiger partial charge >= 0.3 is 11.9 Å². The van der Waals surface area contributed by atoms with E-state index < -0.39 is 5.97 Å². The highest BCUT2D eigenvalue weighted by Gasteiger charge is 2.12. The van der Waals surface area contributed by atoms with E-state index in [9.17, 15) is 9.59 Å². The zero-order valence-corrected chi connectivity index (χ0v) is 10.2. The third-order valence-electron chi connectivity index (χ3n) is 2.40. The Labute approximate surface area is 97.0 Å². The summed E-state index contributed by atoms with van der Waals surface area (Å²) in [6.45, 7) is 4.09. The molecule has 4 heteroatoms. The van der Waals surface area contributed by atoms with E-state index in [0.29, 0.717) is 6.42 Å². The minimum Gasteiger partial charge on any atom is -0.481 e. The summed E-state index contributed by atoms with van der Waals surface area (Å²) in [5.74, 6) is -1.14. The molecule has 0 radical (unpaired) electrons. The summed E-state index contributed by atoms with van der Waals surface area (Å²) < 4.78 is 5.25. The van der Waals surface area contributed by atoms with E-state index in [2.05, 4.69) is 6.92 Å². The summed E-state index contributed by atoms with van der Waals surface area (Å²) in [7, 11) is 0. The van der Waals surface area contributed by atoms with E-state index in [1.54, 1.807) is 0 Å². The third-order valence-corrected chi connectivity index (χ3v) is 2.40. The van der Waals surface area contributed by atoms with Gasteiger partial charge in [-0.2, -0.15) is 0 Å². The van der Waals surface area contributed by atoms with Crippen LogP contribution < -0.4 is 0 Å². The highest BCUT2D eigenvalue weighted by atomic mass is 16.5. The summed E-state index contributed by atoms with van der Waals surface area (Å²) in [6, 6.07) is 0. The summed E-state index contributed by atoms with van der Waals surface area (Å²) in [4.78, 5) is 21.6. The molecule has 0 amide bonds. The number of aliphatic carboxylic acids is 1. The first-order valence-corrected chi connectivity index (χ1v) is 6.01. The minimum atomic E-state index is -0.870. The largest absolute Gasteiger partial charge is 0.481 e. The predicted octanol–water partition coefficient (Wildman–Crippen LogP) is 2.75. The van der Waals surface area contributed by atoms with Crippen molar-refractivity contribution < 1.29 is 19.4 Å². The zero-order chi connectivity index (χ0) is 12.4. The van der Waals surface area contributed by atoms with E-state index >= 15 is 0 Å². The van der Waals surface area contributed by atoms with E-state index in [1.807, 2.05) is 6.92 Å². The van der Waals surface area contributed by atoms with Crippen LogP contribution in [-0.2, 0) is 14.3 Å². The summed E-state index contributed by atoms with van der Waals surface area (Å²) in [6.07, 6.45) is 4.46. The molecule has 1 unspecified atom stereocenters. The van der Waals surface area contributed by atoms with Crippen molar-refractivity contribution in [1.82, 2.24) is 0 Å².